The maximum atomic E-state index is 11.9. The fourth-order valence-electron chi connectivity index (χ4n) is 1.91. The number of hydrogen-bond acceptors (Lipinski definition) is 4. The second kappa shape index (κ2) is 7.90. The summed E-state index contributed by atoms with van der Waals surface area (Å²) in [4.78, 5) is 27.1. The number of para-hydroxylation sites is 1. The van der Waals surface area contributed by atoms with E-state index in [2.05, 4.69) is 15.6 Å². The third-order valence-corrected chi connectivity index (χ3v) is 3.02. The number of carboxylic acid groups (broad SMARTS) is 1. The Kier molecular flexibility index (Phi) is 5.62. The molecule has 6 nitrogen and oxygen atoms in total. The summed E-state index contributed by atoms with van der Waals surface area (Å²) < 4.78 is 0. The maximum absolute atomic E-state index is 11.9. The number of amides is 1. The average molecular weight is 299 g/mol. The van der Waals surface area contributed by atoms with E-state index in [-0.39, 0.29) is 12.3 Å². The van der Waals surface area contributed by atoms with Crippen molar-refractivity contribution in [2.24, 2.45) is 0 Å². The number of aromatic nitrogens is 1. The van der Waals surface area contributed by atoms with Gasteiger partial charge in [-0.25, -0.2) is 0 Å². The Morgan fingerprint density at radius 2 is 1.91 bits per heavy atom. The molecule has 1 heterocycles. The van der Waals surface area contributed by atoms with Crippen LogP contribution in [0.1, 0.15) is 12.0 Å². The Bertz CT molecular complexity index is 617. The largest absolute Gasteiger partial charge is 0.480 e. The molecule has 2 rings (SSSR count). The van der Waals surface area contributed by atoms with Gasteiger partial charge < -0.3 is 10.4 Å². The Hall–Kier alpha value is -2.73. The molecule has 0 fully saturated rings. The van der Waals surface area contributed by atoms with Crippen LogP contribution in [0.4, 0.5) is 5.69 Å². The van der Waals surface area contributed by atoms with Gasteiger partial charge in [0.05, 0.1) is 6.42 Å². The SMILES string of the molecule is O=C(C[C@@H](NCc1cccnc1)C(=O)O)Nc1ccccc1. The molecule has 114 valence electrons. The summed E-state index contributed by atoms with van der Waals surface area (Å²) in [6, 6.07) is 11.6. The molecule has 22 heavy (non-hydrogen) atoms. The first kappa shape index (κ1) is 15.7. The number of carbonyl (C=O) groups excluding carboxylic acids is 1. The van der Waals surface area contributed by atoms with Crippen molar-refractivity contribution in [3.63, 3.8) is 0 Å². The molecule has 0 unspecified atom stereocenters. The summed E-state index contributed by atoms with van der Waals surface area (Å²) in [6.07, 6.45) is 3.14. The summed E-state index contributed by atoms with van der Waals surface area (Å²) in [6.45, 7) is 0.337. The third-order valence-electron chi connectivity index (χ3n) is 3.02. The lowest BCUT2D eigenvalue weighted by atomic mass is 10.1. The Balaban J connectivity index is 1.88. The zero-order valence-electron chi connectivity index (χ0n) is 11.9. The van der Waals surface area contributed by atoms with Gasteiger partial charge in [0.25, 0.3) is 0 Å². The Labute approximate surface area is 128 Å². The van der Waals surface area contributed by atoms with Crippen LogP contribution in [0.2, 0.25) is 0 Å². The zero-order chi connectivity index (χ0) is 15.8. The lowest BCUT2D eigenvalue weighted by molar-refractivity contribution is -0.141. The van der Waals surface area contributed by atoms with Gasteiger partial charge in [-0.05, 0) is 23.8 Å². The standard InChI is InChI=1S/C16H17N3O3/c20-15(19-13-6-2-1-3-7-13)9-14(16(21)22)18-11-12-5-4-8-17-10-12/h1-8,10,14,18H,9,11H2,(H,19,20)(H,21,22)/t14-/m1/s1. The fourth-order valence-corrected chi connectivity index (χ4v) is 1.91. The number of carbonyl (C=O) groups is 2. The fraction of sp³-hybridized carbons (Fsp3) is 0.188. The van der Waals surface area contributed by atoms with Crippen LogP contribution >= 0.6 is 0 Å². The first-order valence-corrected chi connectivity index (χ1v) is 6.85. The Morgan fingerprint density at radius 3 is 2.55 bits per heavy atom. The lowest BCUT2D eigenvalue weighted by Crippen LogP contribution is -2.39. The van der Waals surface area contributed by atoms with E-state index in [1.807, 2.05) is 12.1 Å². The summed E-state index contributed by atoms with van der Waals surface area (Å²) in [5, 5.41) is 14.7. The molecule has 0 spiro atoms. The van der Waals surface area contributed by atoms with Crippen LogP contribution in [-0.2, 0) is 16.1 Å². The molecule has 0 radical (unpaired) electrons. The number of pyridine rings is 1. The molecule has 1 amide bonds. The number of hydrogen-bond donors (Lipinski definition) is 3. The molecular formula is C16H17N3O3. The predicted molar refractivity (Wildman–Crippen MR) is 82.2 cm³/mol. The second-order valence-corrected chi connectivity index (χ2v) is 4.75. The first-order chi connectivity index (χ1) is 10.6. The van der Waals surface area contributed by atoms with E-state index < -0.39 is 12.0 Å². The number of nitrogens with zero attached hydrogens (tertiary/aromatic N) is 1. The van der Waals surface area contributed by atoms with Crippen LogP contribution in [0.3, 0.4) is 0 Å². The number of carboxylic acids is 1. The molecule has 0 aliphatic heterocycles. The summed E-state index contributed by atoms with van der Waals surface area (Å²) in [5.41, 5.74) is 1.50. The van der Waals surface area contributed by atoms with Crippen molar-refractivity contribution in [2.45, 2.75) is 19.0 Å². The first-order valence-electron chi connectivity index (χ1n) is 6.85. The van der Waals surface area contributed by atoms with E-state index in [0.717, 1.165) is 5.56 Å². The number of rotatable bonds is 7. The van der Waals surface area contributed by atoms with Gasteiger partial charge in [0.15, 0.2) is 0 Å². The monoisotopic (exact) mass is 299 g/mol. The molecule has 1 atom stereocenters. The van der Waals surface area contributed by atoms with Crippen LogP contribution in [0, 0.1) is 0 Å². The smallest absolute Gasteiger partial charge is 0.321 e. The van der Waals surface area contributed by atoms with E-state index in [0.29, 0.717) is 12.2 Å². The molecule has 0 bridgehead atoms. The summed E-state index contributed by atoms with van der Waals surface area (Å²) >= 11 is 0. The quantitative estimate of drug-likeness (QED) is 0.723. The zero-order valence-corrected chi connectivity index (χ0v) is 11.9. The molecule has 6 heteroatoms. The van der Waals surface area contributed by atoms with E-state index in [1.165, 1.54) is 0 Å². The van der Waals surface area contributed by atoms with E-state index >= 15 is 0 Å². The van der Waals surface area contributed by atoms with Crippen LogP contribution in [0.15, 0.2) is 54.9 Å². The molecular weight excluding hydrogens is 282 g/mol. The summed E-state index contributed by atoms with van der Waals surface area (Å²) in [7, 11) is 0. The second-order valence-electron chi connectivity index (χ2n) is 4.75. The molecule has 2 aromatic rings. The lowest BCUT2D eigenvalue weighted by Gasteiger charge is -2.14. The molecule has 0 saturated carbocycles. The van der Waals surface area contributed by atoms with Gasteiger partial charge in [0.2, 0.25) is 5.91 Å². The maximum Gasteiger partial charge on any atom is 0.321 e. The molecule has 1 aromatic heterocycles. The van der Waals surface area contributed by atoms with E-state index in [4.69, 9.17) is 0 Å². The third kappa shape index (κ3) is 4.99. The van der Waals surface area contributed by atoms with Crippen molar-refractivity contribution in [2.75, 3.05) is 5.32 Å². The minimum atomic E-state index is -1.06. The number of anilines is 1. The van der Waals surface area contributed by atoms with E-state index in [1.54, 1.807) is 42.7 Å². The van der Waals surface area contributed by atoms with Gasteiger partial charge in [0.1, 0.15) is 6.04 Å². The highest BCUT2D eigenvalue weighted by atomic mass is 16.4. The molecule has 0 aliphatic carbocycles. The van der Waals surface area contributed by atoms with Crippen LogP contribution < -0.4 is 10.6 Å². The normalized spacial score (nSPS) is 11.6. The van der Waals surface area contributed by atoms with Crippen molar-refractivity contribution in [1.82, 2.24) is 10.3 Å². The van der Waals surface area contributed by atoms with Gasteiger partial charge in [-0.2, -0.15) is 0 Å². The van der Waals surface area contributed by atoms with Crippen LogP contribution in [0.5, 0.6) is 0 Å². The van der Waals surface area contributed by atoms with Crippen molar-refractivity contribution < 1.29 is 14.7 Å². The van der Waals surface area contributed by atoms with Gasteiger partial charge in [-0.1, -0.05) is 24.3 Å². The van der Waals surface area contributed by atoms with Crippen molar-refractivity contribution in [3.8, 4) is 0 Å². The molecule has 0 saturated heterocycles. The van der Waals surface area contributed by atoms with Crippen LogP contribution in [0.25, 0.3) is 0 Å². The van der Waals surface area contributed by atoms with Gasteiger partial charge in [-0.15, -0.1) is 0 Å². The number of nitrogens with one attached hydrogen (secondary N) is 2. The van der Waals surface area contributed by atoms with Crippen LogP contribution in [-0.4, -0.2) is 28.0 Å². The highest BCUT2D eigenvalue weighted by Gasteiger charge is 2.20. The van der Waals surface area contributed by atoms with E-state index in [9.17, 15) is 14.7 Å². The topological polar surface area (TPSA) is 91.3 Å². The highest BCUT2D eigenvalue weighted by Crippen LogP contribution is 2.07. The Morgan fingerprint density at radius 1 is 1.14 bits per heavy atom. The van der Waals surface area contributed by atoms with Gasteiger partial charge in [0, 0.05) is 24.6 Å². The van der Waals surface area contributed by atoms with Crippen molar-refractivity contribution in [3.05, 3.63) is 60.4 Å². The van der Waals surface area contributed by atoms with Gasteiger partial charge in [-0.3, -0.25) is 19.9 Å². The number of aliphatic carboxylic acids is 1. The summed E-state index contributed by atoms with van der Waals surface area (Å²) in [5.74, 6) is -1.41. The highest BCUT2D eigenvalue weighted by molar-refractivity contribution is 5.93. The molecule has 0 aliphatic rings. The van der Waals surface area contributed by atoms with Crippen molar-refractivity contribution in [1.29, 1.82) is 0 Å². The molecule has 1 aromatic carbocycles. The average Bonchev–Trinajstić information content (AvgIpc) is 2.53. The number of benzene rings is 1. The van der Waals surface area contributed by atoms with Gasteiger partial charge >= 0.3 is 5.97 Å². The molecule has 3 N–H and O–H groups in total. The minimum Gasteiger partial charge on any atom is -0.480 e. The van der Waals surface area contributed by atoms with Crippen molar-refractivity contribution >= 4 is 17.6 Å². The minimum absolute atomic E-state index is 0.148. The predicted octanol–water partition coefficient (Wildman–Crippen LogP) is 1.65.